The SMILES string of the molecule is CCC(CNC(=NC)N1CCN(S(=O)(=O)Cc2ccon2)CC1)c1ccccc1.I. The molecule has 1 unspecified atom stereocenters. The number of sulfonamides is 1. The van der Waals surface area contributed by atoms with E-state index in [1.54, 1.807) is 13.1 Å². The number of aliphatic imine (C=N–C) groups is 1. The van der Waals surface area contributed by atoms with Crippen molar-refractivity contribution in [1.29, 1.82) is 0 Å². The number of hydrogen-bond donors (Lipinski definition) is 1. The fourth-order valence-corrected chi connectivity index (χ4v) is 4.96. The van der Waals surface area contributed by atoms with Crippen molar-refractivity contribution in [3.8, 4) is 0 Å². The highest BCUT2D eigenvalue weighted by Gasteiger charge is 2.29. The van der Waals surface area contributed by atoms with E-state index in [0.717, 1.165) is 18.9 Å². The van der Waals surface area contributed by atoms with Crippen molar-refractivity contribution >= 4 is 40.0 Å². The Hall–Kier alpha value is -1.66. The molecule has 10 heteroatoms. The van der Waals surface area contributed by atoms with Crippen LogP contribution in [-0.4, -0.2) is 68.5 Å². The zero-order chi connectivity index (χ0) is 20.7. The van der Waals surface area contributed by atoms with Gasteiger partial charge in [-0.05, 0) is 12.0 Å². The molecule has 0 amide bonds. The van der Waals surface area contributed by atoms with Gasteiger partial charge in [-0.2, -0.15) is 4.31 Å². The van der Waals surface area contributed by atoms with Crippen LogP contribution in [0.25, 0.3) is 0 Å². The van der Waals surface area contributed by atoms with Crippen molar-refractivity contribution < 1.29 is 12.9 Å². The van der Waals surface area contributed by atoms with Gasteiger partial charge in [0.05, 0.1) is 5.69 Å². The van der Waals surface area contributed by atoms with Gasteiger partial charge in [0.2, 0.25) is 10.0 Å². The van der Waals surface area contributed by atoms with E-state index in [1.807, 2.05) is 6.07 Å². The quantitative estimate of drug-likeness (QED) is 0.326. The zero-order valence-electron chi connectivity index (χ0n) is 17.4. The maximum atomic E-state index is 12.6. The number of piperazine rings is 1. The first kappa shape index (κ1) is 24.6. The van der Waals surface area contributed by atoms with Crippen LogP contribution >= 0.6 is 24.0 Å². The Morgan fingerprint density at radius 3 is 2.47 bits per heavy atom. The molecule has 1 saturated heterocycles. The van der Waals surface area contributed by atoms with E-state index in [-0.39, 0.29) is 29.7 Å². The summed E-state index contributed by atoms with van der Waals surface area (Å²) in [6, 6.07) is 12.0. The first-order chi connectivity index (χ1) is 14.0. The lowest BCUT2D eigenvalue weighted by Crippen LogP contribution is -2.54. The summed E-state index contributed by atoms with van der Waals surface area (Å²) in [6.45, 7) is 5.02. The molecule has 1 aliphatic heterocycles. The zero-order valence-corrected chi connectivity index (χ0v) is 20.5. The van der Waals surface area contributed by atoms with Crippen molar-refractivity contribution in [1.82, 2.24) is 19.7 Å². The minimum absolute atomic E-state index is 0. The molecular weight excluding hydrogens is 517 g/mol. The van der Waals surface area contributed by atoms with Gasteiger partial charge in [0.25, 0.3) is 0 Å². The number of halogens is 1. The average Bonchev–Trinajstić information content (AvgIpc) is 3.24. The molecule has 1 atom stereocenters. The van der Waals surface area contributed by atoms with Gasteiger partial charge in [0.1, 0.15) is 12.0 Å². The molecule has 0 spiro atoms. The van der Waals surface area contributed by atoms with Crippen LogP contribution < -0.4 is 5.32 Å². The minimum atomic E-state index is -3.40. The minimum Gasteiger partial charge on any atom is -0.364 e. The van der Waals surface area contributed by atoms with E-state index < -0.39 is 10.0 Å². The van der Waals surface area contributed by atoms with Crippen molar-refractivity contribution in [3.05, 3.63) is 53.9 Å². The Morgan fingerprint density at radius 2 is 1.90 bits per heavy atom. The van der Waals surface area contributed by atoms with Crippen LogP contribution in [0.5, 0.6) is 0 Å². The Morgan fingerprint density at radius 1 is 1.20 bits per heavy atom. The molecule has 1 aromatic carbocycles. The van der Waals surface area contributed by atoms with Crippen LogP contribution in [0.1, 0.15) is 30.5 Å². The van der Waals surface area contributed by atoms with E-state index in [0.29, 0.717) is 37.8 Å². The van der Waals surface area contributed by atoms with Crippen LogP contribution in [0, 0.1) is 0 Å². The predicted octanol–water partition coefficient (Wildman–Crippen LogP) is 2.51. The number of benzene rings is 1. The molecule has 2 heterocycles. The number of nitrogens with zero attached hydrogens (tertiary/aromatic N) is 4. The molecular formula is C20H30IN5O3S. The highest BCUT2D eigenvalue weighted by Crippen LogP contribution is 2.18. The normalized spacial score (nSPS) is 16.7. The first-order valence-corrected chi connectivity index (χ1v) is 11.5. The van der Waals surface area contributed by atoms with Crippen molar-refractivity contribution in [2.75, 3.05) is 39.8 Å². The lowest BCUT2D eigenvalue weighted by atomic mass is 9.96. The molecule has 1 aliphatic rings. The molecule has 166 valence electrons. The van der Waals surface area contributed by atoms with E-state index in [1.165, 1.54) is 16.1 Å². The summed E-state index contributed by atoms with van der Waals surface area (Å²) < 4.78 is 31.4. The number of hydrogen-bond acceptors (Lipinski definition) is 5. The van der Waals surface area contributed by atoms with Crippen molar-refractivity contribution in [2.24, 2.45) is 4.99 Å². The molecule has 30 heavy (non-hydrogen) atoms. The third kappa shape index (κ3) is 6.42. The molecule has 0 saturated carbocycles. The summed E-state index contributed by atoms with van der Waals surface area (Å²) >= 11 is 0. The second-order valence-corrected chi connectivity index (χ2v) is 9.05. The number of guanidine groups is 1. The first-order valence-electron chi connectivity index (χ1n) is 9.91. The largest absolute Gasteiger partial charge is 0.364 e. The van der Waals surface area contributed by atoms with E-state index in [2.05, 4.69) is 51.6 Å². The Labute approximate surface area is 195 Å². The number of rotatable bonds is 7. The second-order valence-electron chi connectivity index (χ2n) is 7.08. The Balaban J connectivity index is 0.00000320. The molecule has 1 N–H and O–H groups in total. The molecule has 8 nitrogen and oxygen atoms in total. The van der Waals surface area contributed by atoms with Crippen LogP contribution in [-0.2, 0) is 15.8 Å². The van der Waals surface area contributed by atoms with Gasteiger partial charge < -0.3 is 14.7 Å². The average molecular weight is 547 g/mol. The van der Waals surface area contributed by atoms with E-state index in [9.17, 15) is 8.42 Å². The van der Waals surface area contributed by atoms with Crippen LogP contribution in [0.3, 0.4) is 0 Å². The summed E-state index contributed by atoms with van der Waals surface area (Å²) in [5.41, 5.74) is 1.73. The molecule has 0 radical (unpaired) electrons. The van der Waals surface area contributed by atoms with E-state index >= 15 is 0 Å². The van der Waals surface area contributed by atoms with Crippen molar-refractivity contribution in [3.63, 3.8) is 0 Å². The maximum Gasteiger partial charge on any atom is 0.220 e. The summed E-state index contributed by atoms with van der Waals surface area (Å²) in [5.74, 6) is 1.08. The molecule has 2 aromatic rings. The van der Waals surface area contributed by atoms with Gasteiger partial charge in [0, 0.05) is 51.8 Å². The molecule has 0 bridgehead atoms. The van der Waals surface area contributed by atoms with Crippen molar-refractivity contribution in [2.45, 2.75) is 25.0 Å². The summed E-state index contributed by atoms with van der Waals surface area (Å²) in [7, 11) is -1.64. The monoisotopic (exact) mass is 547 g/mol. The Bertz CT molecular complexity index is 882. The highest BCUT2D eigenvalue weighted by atomic mass is 127. The number of aromatic nitrogens is 1. The van der Waals surface area contributed by atoms with Crippen LogP contribution in [0.2, 0.25) is 0 Å². The van der Waals surface area contributed by atoms with Gasteiger partial charge in [-0.3, -0.25) is 4.99 Å². The third-order valence-electron chi connectivity index (χ3n) is 5.24. The lowest BCUT2D eigenvalue weighted by molar-refractivity contribution is 0.259. The predicted molar refractivity (Wildman–Crippen MR) is 129 cm³/mol. The van der Waals surface area contributed by atoms with Gasteiger partial charge in [-0.15, -0.1) is 24.0 Å². The van der Waals surface area contributed by atoms with Gasteiger partial charge >= 0.3 is 0 Å². The molecule has 1 aromatic heterocycles. The molecule has 1 fully saturated rings. The standard InChI is InChI=1S/C20H29N5O3S.HI/c1-3-17(18-7-5-4-6-8-18)15-22-20(21-2)24-10-12-25(13-11-24)29(26,27)16-19-9-14-28-23-19;/h4-9,14,17H,3,10-13,15-16H2,1-2H3,(H,21,22);1H. The topological polar surface area (TPSA) is 91.0 Å². The van der Waals surface area contributed by atoms with E-state index in [4.69, 9.17) is 4.52 Å². The summed E-state index contributed by atoms with van der Waals surface area (Å²) in [5, 5.41) is 7.17. The Kier molecular flexibility index (Phi) is 9.56. The van der Waals surface area contributed by atoms with Crippen LogP contribution in [0.15, 0.2) is 52.2 Å². The number of nitrogens with one attached hydrogen (secondary N) is 1. The summed E-state index contributed by atoms with van der Waals surface area (Å²) in [6.07, 6.45) is 2.42. The van der Waals surface area contributed by atoms with Crippen LogP contribution in [0.4, 0.5) is 0 Å². The lowest BCUT2D eigenvalue weighted by Gasteiger charge is -2.36. The fourth-order valence-electron chi connectivity index (χ4n) is 3.54. The third-order valence-corrected chi connectivity index (χ3v) is 7.05. The second kappa shape index (κ2) is 11.7. The highest BCUT2D eigenvalue weighted by molar-refractivity contribution is 14.0. The van der Waals surface area contributed by atoms with Gasteiger partial charge in [-0.25, -0.2) is 8.42 Å². The maximum absolute atomic E-state index is 12.6. The fraction of sp³-hybridized carbons (Fsp3) is 0.500. The molecule has 0 aliphatic carbocycles. The molecule has 3 rings (SSSR count). The van der Waals surface area contributed by atoms with Gasteiger partial charge in [-0.1, -0.05) is 42.4 Å². The summed E-state index contributed by atoms with van der Waals surface area (Å²) in [4.78, 5) is 6.51. The van der Waals surface area contributed by atoms with Gasteiger partial charge in [0.15, 0.2) is 5.96 Å². The smallest absolute Gasteiger partial charge is 0.220 e.